The summed E-state index contributed by atoms with van der Waals surface area (Å²) in [6.45, 7) is 5.18. The molecule has 1 aromatic carbocycles. The Bertz CT molecular complexity index is 925. The average molecular weight is 487 g/mol. The fourth-order valence-electron chi connectivity index (χ4n) is 6.07. The monoisotopic (exact) mass is 486 g/mol. The van der Waals surface area contributed by atoms with E-state index in [1.54, 1.807) is 27.6 Å². The van der Waals surface area contributed by atoms with Crippen molar-refractivity contribution in [1.29, 1.82) is 0 Å². The predicted octanol–water partition coefficient (Wildman–Crippen LogP) is 2.93. The van der Waals surface area contributed by atoms with Crippen LogP contribution in [-0.4, -0.2) is 73.5 Å². The van der Waals surface area contributed by atoms with E-state index in [1.807, 2.05) is 30.3 Å². The lowest BCUT2D eigenvalue weighted by Gasteiger charge is -2.37. The van der Waals surface area contributed by atoms with E-state index in [4.69, 9.17) is 5.11 Å². The highest BCUT2D eigenvalue weighted by atomic mass is 32.2. The first-order valence-corrected chi connectivity index (χ1v) is 13.1. The number of thioether (sulfide) groups is 1. The van der Waals surface area contributed by atoms with Crippen LogP contribution in [0, 0.1) is 11.8 Å². The third kappa shape index (κ3) is 4.38. The Labute approximate surface area is 205 Å². The van der Waals surface area contributed by atoms with Gasteiger partial charge in [-0.1, -0.05) is 49.2 Å². The highest BCUT2D eigenvalue weighted by Gasteiger charge is 2.73. The van der Waals surface area contributed by atoms with Gasteiger partial charge in [-0.25, -0.2) is 0 Å². The minimum absolute atomic E-state index is 0.115. The number of nitrogens with zero attached hydrogens (tertiary/aromatic N) is 2. The Hall–Kier alpha value is -2.32. The van der Waals surface area contributed by atoms with Gasteiger partial charge in [-0.3, -0.25) is 14.4 Å². The minimum Gasteiger partial charge on any atom is -0.481 e. The largest absolute Gasteiger partial charge is 0.481 e. The van der Waals surface area contributed by atoms with E-state index in [0.717, 1.165) is 31.2 Å². The third-order valence-electron chi connectivity index (χ3n) is 7.50. The second-order valence-corrected chi connectivity index (χ2v) is 11.2. The molecule has 0 saturated carbocycles. The highest BCUT2D eigenvalue weighted by Crippen LogP contribution is 2.66. The molecule has 0 aliphatic carbocycles. The maximum Gasteiger partial charge on any atom is 0.308 e. The molecule has 1 aromatic rings. The van der Waals surface area contributed by atoms with Crippen LogP contribution in [0.4, 0.5) is 0 Å². The molecule has 5 atom stereocenters. The lowest BCUT2D eigenvalue weighted by Crippen LogP contribution is -2.54. The Kier molecular flexibility index (Phi) is 7.67. The molecule has 2 unspecified atom stereocenters. The number of amides is 2. The quantitative estimate of drug-likeness (QED) is 0.348. The molecule has 34 heavy (non-hydrogen) atoms. The summed E-state index contributed by atoms with van der Waals surface area (Å²) in [5, 5.41) is 18.9. The summed E-state index contributed by atoms with van der Waals surface area (Å²) in [5.41, 5.74) is 0.999. The molecular formula is C26H34N2O5S. The summed E-state index contributed by atoms with van der Waals surface area (Å²) >= 11 is 1.57. The summed E-state index contributed by atoms with van der Waals surface area (Å²) in [6, 6.07) is 9.08. The Balaban J connectivity index is 1.64. The number of carboxylic acid groups (broad SMARTS) is 1. The third-order valence-corrected chi connectivity index (χ3v) is 9.46. The van der Waals surface area contributed by atoms with E-state index < -0.39 is 28.6 Å². The molecule has 3 fully saturated rings. The molecule has 0 radical (unpaired) electrons. The molecule has 2 bridgehead atoms. The molecule has 3 aliphatic heterocycles. The van der Waals surface area contributed by atoms with Crippen molar-refractivity contribution in [1.82, 2.24) is 9.80 Å². The van der Waals surface area contributed by atoms with Gasteiger partial charge in [-0.2, -0.15) is 0 Å². The number of benzene rings is 1. The number of carbonyl (C=O) groups excluding carboxylic acids is 2. The van der Waals surface area contributed by atoms with Crippen molar-refractivity contribution in [2.45, 2.75) is 61.1 Å². The molecule has 4 rings (SSSR count). The number of rotatable bonds is 12. The van der Waals surface area contributed by atoms with Gasteiger partial charge in [-0.15, -0.1) is 18.3 Å². The van der Waals surface area contributed by atoms with Gasteiger partial charge >= 0.3 is 5.97 Å². The minimum atomic E-state index is -0.930. The molecule has 2 amide bonds. The van der Waals surface area contributed by atoms with Gasteiger partial charge in [-0.05, 0) is 31.2 Å². The van der Waals surface area contributed by atoms with E-state index in [2.05, 4.69) is 6.58 Å². The molecule has 3 aliphatic rings. The number of aliphatic hydroxyl groups is 1. The molecule has 184 valence electrons. The van der Waals surface area contributed by atoms with Gasteiger partial charge in [0.15, 0.2) is 0 Å². The van der Waals surface area contributed by atoms with Gasteiger partial charge in [0.2, 0.25) is 11.8 Å². The first-order chi connectivity index (χ1) is 16.4. The van der Waals surface area contributed by atoms with E-state index >= 15 is 0 Å². The number of carboxylic acids is 1. The number of carbonyl (C=O) groups is 3. The smallest absolute Gasteiger partial charge is 0.308 e. The first kappa shape index (κ1) is 24.8. The lowest BCUT2D eigenvalue weighted by molar-refractivity contribution is -0.148. The molecule has 3 saturated heterocycles. The van der Waals surface area contributed by atoms with Gasteiger partial charge in [0.1, 0.15) is 6.04 Å². The Morgan fingerprint density at radius 3 is 2.62 bits per heavy atom. The van der Waals surface area contributed by atoms with Gasteiger partial charge in [0.05, 0.1) is 16.6 Å². The van der Waals surface area contributed by atoms with Crippen LogP contribution in [0.3, 0.4) is 0 Å². The normalized spacial score (nSPS) is 29.3. The van der Waals surface area contributed by atoms with Crippen LogP contribution in [0.5, 0.6) is 0 Å². The fraction of sp³-hybridized carbons (Fsp3) is 0.577. The fourth-order valence-corrected chi connectivity index (χ4v) is 8.27. The van der Waals surface area contributed by atoms with E-state index in [-0.39, 0.29) is 23.7 Å². The number of unbranched alkanes of at least 4 members (excludes halogenated alkanes) is 3. The van der Waals surface area contributed by atoms with Crippen LogP contribution in [0.15, 0.2) is 43.0 Å². The topological polar surface area (TPSA) is 98.2 Å². The van der Waals surface area contributed by atoms with Gasteiger partial charge in [0, 0.05) is 31.5 Å². The number of fused-ring (bicyclic) bond motifs is 1. The Morgan fingerprint density at radius 1 is 1.21 bits per heavy atom. The average Bonchev–Trinajstić information content (AvgIpc) is 3.46. The standard InChI is InChI=1S/C26H34N2O5S/c1-2-14-27(17-18-10-6-5-7-11-18)24(31)22-26-13-12-19(34-26)20(25(32)33)21(26)23(30)28(22)15-8-3-4-9-16-29/h2,5-7,10-11,19-22,29H,1,3-4,8-9,12-17H2,(H,32,33)/t19-,20+,21+,22?,26?/m1/s1. The van der Waals surface area contributed by atoms with Crippen molar-refractivity contribution in [3.05, 3.63) is 48.6 Å². The van der Waals surface area contributed by atoms with Crippen LogP contribution < -0.4 is 0 Å². The van der Waals surface area contributed by atoms with Crippen molar-refractivity contribution in [3.8, 4) is 0 Å². The highest BCUT2D eigenvalue weighted by molar-refractivity contribution is 8.02. The summed E-state index contributed by atoms with van der Waals surface area (Å²) in [6.07, 6.45) is 6.26. The van der Waals surface area contributed by atoms with E-state index in [0.29, 0.717) is 32.5 Å². The molecule has 0 aromatic heterocycles. The second-order valence-electron chi connectivity index (χ2n) is 9.56. The second kappa shape index (κ2) is 10.5. The molecular weight excluding hydrogens is 452 g/mol. The van der Waals surface area contributed by atoms with Crippen LogP contribution in [0.1, 0.15) is 44.1 Å². The predicted molar refractivity (Wildman–Crippen MR) is 131 cm³/mol. The zero-order chi connectivity index (χ0) is 24.3. The maximum atomic E-state index is 14.1. The number of aliphatic hydroxyl groups excluding tert-OH is 1. The summed E-state index contributed by atoms with van der Waals surface area (Å²) in [5.74, 6) is -2.61. The van der Waals surface area contributed by atoms with Crippen molar-refractivity contribution in [2.75, 3.05) is 19.7 Å². The molecule has 3 heterocycles. The number of hydrogen-bond donors (Lipinski definition) is 2. The number of hydrogen-bond acceptors (Lipinski definition) is 5. The lowest BCUT2D eigenvalue weighted by atomic mass is 9.71. The van der Waals surface area contributed by atoms with Crippen LogP contribution in [0.2, 0.25) is 0 Å². The molecule has 8 heteroatoms. The van der Waals surface area contributed by atoms with Crippen molar-refractivity contribution in [2.24, 2.45) is 11.8 Å². The van der Waals surface area contributed by atoms with Crippen LogP contribution in [0.25, 0.3) is 0 Å². The Morgan fingerprint density at radius 2 is 1.94 bits per heavy atom. The van der Waals surface area contributed by atoms with E-state index in [9.17, 15) is 19.5 Å². The zero-order valence-corrected chi connectivity index (χ0v) is 20.3. The SMILES string of the molecule is C=CCN(Cc1ccccc1)C(=O)C1N(CCCCCCO)C(=O)[C@@H]2[C@@H](C(=O)O)[C@H]3CCC12S3. The number of aliphatic carboxylic acids is 1. The maximum absolute atomic E-state index is 14.1. The first-order valence-electron chi connectivity index (χ1n) is 12.2. The molecule has 7 nitrogen and oxygen atoms in total. The zero-order valence-electron chi connectivity index (χ0n) is 19.5. The van der Waals surface area contributed by atoms with Crippen molar-refractivity contribution < 1.29 is 24.6 Å². The van der Waals surface area contributed by atoms with Crippen molar-refractivity contribution in [3.63, 3.8) is 0 Å². The van der Waals surface area contributed by atoms with Gasteiger partial charge in [0.25, 0.3) is 0 Å². The summed E-state index contributed by atoms with van der Waals surface area (Å²) in [4.78, 5) is 43.4. The van der Waals surface area contributed by atoms with Gasteiger partial charge < -0.3 is 20.0 Å². The van der Waals surface area contributed by atoms with Crippen LogP contribution in [-0.2, 0) is 20.9 Å². The van der Waals surface area contributed by atoms with Crippen molar-refractivity contribution >= 4 is 29.5 Å². The molecule has 1 spiro atoms. The number of likely N-dealkylation sites (tertiary alicyclic amines) is 1. The van der Waals surface area contributed by atoms with Crippen LogP contribution >= 0.6 is 11.8 Å². The summed E-state index contributed by atoms with van der Waals surface area (Å²) in [7, 11) is 0. The molecule has 2 N–H and O–H groups in total. The van der Waals surface area contributed by atoms with E-state index in [1.165, 1.54) is 0 Å². The summed E-state index contributed by atoms with van der Waals surface area (Å²) < 4.78 is -0.677.